The number of amides is 2. The zero-order valence-corrected chi connectivity index (χ0v) is 21.2. The van der Waals surface area contributed by atoms with Crippen molar-refractivity contribution in [2.24, 2.45) is 0 Å². The average molecular weight is 532 g/mol. The fraction of sp³-hybridized carbons (Fsp3) is 0.148. The molecule has 4 rings (SSSR count). The van der Waals surface area contributed by atoms with Crippen LogP contribution in [0.2, 0.25) is 0 Å². The molecule has 4 N–H and O–H groups in total. The Kier molecular flexibility index (Phi) is 8.46. The van der Waals surface area contributed by atoms with Crippen LogP contribution in [-0.4, -0.2) is 45.7 Å². The summed E-state index contributed by atoms with van der Waals surface area (Å²) < 4.78 is 18.7. The molecule has 0 aliphatic heterocycles. The number of methoxy groups -OCH3 is 1. The van der Waals surface area contributed by atoms with Crippen molar-refractivity contribution in [3.63, 3.8) is 0 Å². The SMILES string of the molecule is COc1ccccc1NC(=O)Nc1nc(Nc2ccccc2C)nc(N(CC(=O)O)Cc2ccc(F)cc2)n1. The second-order valence-electron chi connectivity index (χ2n) is 8.38. The van der Waals surface area contributed by atoms with Gasteiger partial charge >= 0.3 is 12.0 Å². The summed E-state index contributed by atoms with van der Waals surface area (Å²) in [6, 6.07) is 19.3. The number of halogens is 1. The van der Waals surface area contributed by atoms with Crippen LogP contribution in [0.4, 0.5) is 38.4 Å². The number of carbonyl (C=O) groups excluding carboxylic acids is 1. The van der Waals surface area contributed by atoms with E-state index in [9.17, 15) is 19.1 Å². The molecule has 0 aliphatic rings. The van der Waals surface area contributed by atoms with E-state index in [4.69, 9.17) is 4.74 Å². The molecule has 200 valence electrons. The lowest BCUT2D eigenvalue weighted by Crippen LogP contribution is -2.31. The third-order valence-electron chi connectivity index (χ3n) is 5.49. The van der Waals surface area contributed by atoms with Crippen LogP contribution < -0.4 is 25.6 Å². The monoisotopic (exact) mass is 531 g/mol. The minimum Gasteiger partial charge on any atom is -0.495 e. The zero-order valence-electron chi connectivity index (χ0n) is 21.2. The van der Waals surface area contributed by atoms with E-state index in [2.05, 4.69) is 30.9 Å². The smallest absolute Gasteiger partial charge is 0.326 e. The standard InChI is InChI=1S/C27H26FN7O4/c1-17-7-3-4-8-20(17)29-24-31-25(34-27(38)30-21-9-5-6-10-22(21)39-2)33-26(32-24)35(16-23(36)37)15-18-11-13-19(28)14-12-18/h3-14H,15-16H2,1-2H3,(H,36,37)(H3,29,30,31,32,33,34,38). The van der Waals surface area contributed by atoms with Gasteiger partial charge in [-0.3, -0.25) is 10.1 Å². The van der Waals surface area contributed by atoms with Gasteiger partial charge in [0.25, 0.3) is 0 Å². The van der Waals surface area contributed by atoms with Crippen LogP contribution in [0, 0.1) is 12.7 Å². The molecule has 4 aromatic rings. The highest BCUT2D eigenvalue weighted by molar-refractivity contribution is 5.99. The number of aromatic nitrogens is 3. The van der Waals surface area contributed by atoms with Crippen LogP contribution >= 0.6 is 0 Å². The molecular formula is C27H26FN7O4. The van der Waals surface area contributed by atoms with Crippen molar-refractivity contribution < 1.29 is 23.8 Å². The van der Waals surface area contributed by atoms with Gasteiger partial charge in [0.1, 0.15) is 18.1 Å². The zero-order chi connectivity index (χ0) is 27.8. The number of benzene rings is 3. The molecule has 0 radical (unpaired) electrons. The van der Waals surface area contributed by atoms with E-state index < -0.39 is 24.4 Å². The molecule has 0 fully saturated rings. The lowest BCUT2D eigenvalue weighted by molar-refractivity contribution is -0.135. The summed E-state index contributed by atoms with van der Waals surface area (Å²) in [5.74, 6) is -1.15. The highest BCUT2D eigenvalue weighted by atomic mass is 19.1. The Morgan fingerprint density at radius 2 is 1.56 bits per heavy atom. The quantitative estimate of drug-likeness (QED) is 0.227. The van der Waals surface area contributed by atoms with Gasteiger partial charge in [0.15, 0.2) is 0 Å². The van der Waals surface area contributed by atoms with Crippen LogP contribution in [0.15, 0.2) is 72.8 Å². The molecule has 0 saturated heterocycles. The third-order valence-corrected chi connectivity index (χ3v) is 5.49. The van der Waals surface area contributed by atoms with E-state index in [1.165, 1.54) is 36.3 Å². The Hall–Kier alpha value is -5.26. The first-order valence-electron chi connectivity index (χ1n) is 11.8. The van der Waals surface area contributed by atoms with E-state index >= 15 is 0 Å². The van der Waals surface area contributed by atoms with Crippen molar-refractivity contribution in [3.05, 3.63) is 89.7 Å². The van der Waals surface area contributed by atoms with Gasteiger partial charge in [0.2, 0.25) is 17.8 Å². The fourth-order valence-electron chi connectivity index (χ4n) is 3.63. The van der Waals surface area contributed by atoms with E-state index in [-0.39, 0.29) is 24.4 Å². The maximum atomic E-state index is 13.4. The second kappa shape index (κ2) is 12.3. The van der Waals surface area contributed by atoms with Crippen molar-refractivity contribution in [2.75, 3.05) is 34.5 Å². The third kappa shape index (κ3) is 7.38. The van der Waals surface area contributed by atoms with Gasteiger partial charge in [0, 0.05) is 12.2 Å². The molecule has 3 aromatic carbocycles. The maximum Gasteiger partial charge on any atom is 0.326 e. The Bertz CT molecular complexity index is 1470. The molecular weight excluding hydrogens is 505 g/mol. The number of aliphatic carboxylic acids is 1. The van der Waals surface area contributed by atoms with Crippen LogP contribution in [0.1, 0.15) is 11.1 Å². The number of carbonyl (C=O) groups is 2. The average Bonchev–Trinajstić information content (AvgIpc) is 2.91. The predicted octanol–water partition coefficient (Wildman–Crippen LogP) is 4.81. The first-order valence-corrected chi connectivity index (χ1v) is 11.8. The summed E-state index contributed by atoms with van der Waals surface area (Å²) in [4.78, 5) is 38.9. The first kappa shape index (κ1) is 26.8. The van der Waals surface area contributed by atoms with Crippen LogP contribution in [0.25, 0.3) is 0 Å². The van der Waals surface area contributed by atoms with E-state index in [1.54, 1.807) is 24.3 Å². The molecule has 1 heterocycles. The van der Waals surface area contributed by atoms with Crippen LogP contribution in [-0.2, 0) is 11.3 Å². The summed E-state index contributed by atoms with van der Waals surface area (Å²) in [6.45, 7) is 1.50. The normalized spacial score (nSPS) is 10.4. The lowest BCUT2D eigenvalue weighted by atomic mass is 10.2. The number of carboxylic acids is 1. The number of para-hydroxylation sites is 3. The number of nitrogens with zero attached hydrogens (tertiary/aromatic N) is 4. The van der Waals surface area contributed by atoms with Gasteiger partial charge < -0.3 is 25.4 Å². The number of nitrogens with one attached hydrogen (secondary N) is 3. The molecule has 0 aliphatic carbocycles. The van der Waals surface area contributed by atoms with Gasteiger partial charge in [-0.2, -0.15) is 15.0 Å². The summed E-state index contributed by atoms with van der Waals surface area (Å²) in [6.07, 6.45) is 0. The van der Waals surface area contributed by atoms with Crippen molar-refractivity contribution in [1.29, 1.82) is 0 Å². The lowest BCUT2D eigenvalue weighted by Gasteiger charge is -2.22. The number of ether oxygens (including phenoxy) is 1. The molecule has 1 aromatic heterocycles. The molecule has 12 heteroatoms. The Morgan fingerprint density at radius 3 is 2.26 bits per heavy atom. The molecule has 0 atom stereocenters. The number of hydrogen-bond donors (Lipinski definition) is 4. The Balaban J connectivity index is 1.67. The van der Waals surface area contributed by atoms with E-state index in [1.807, 2.05) is 31.2 Å². The Labute approximate surface area is 223 Å². The topological polar surface area (TPSA) is 142 Å². The molecule has 0 saturated carbocycles. The summed E-state index contributed by atoms with van der Waals surface area (Å²) >= 11 is 0. The van der Waals surface area contributed by atoms with Gasteiger partial charge in [-0.05, 0) is 48.4 Å². The number of rotatable bonds is 10. The van der Waals surface area contributed by atoms with Gasteiger partial charge in [-0.1, -0.05) is 42.5 Å². The first-order chi connectivity index (χ1) is 18.8. The van der Waals surface area contributed by atoms with Crippen molar-refractivity contribution in [2.45, 2.75) is 13.5 Å². The van der Waals surface area contributed by atoms with E-state index in [0.717, 1.165) is 5.56 Å². The molecule has 0 unspecified atom stereocenters. The molecule has 11 nitrogen and oxygen atoms in total. The molecule has 39 heavy (non-hydrogen) atoms. The largest absolute Gasteiger partial charge is 0.495 e. The minimum absolute atomic E-state index is 0.0135. The van der Waals surface area contributed by atoms with Gasteiger partial charge in [0.05, 0.1) is 12.8 Å². The summed E-state index contributed by atoms with van der Waals surface area (Å²) in [5, 5.41) is 17.9. The van der Waals surface area contributed by atoms with Crippen LogP contribution in [0.5, 0.6) is 5.75 Å². The second-order valence-corrected chi connectivity index (χ2v) is 8.38. The van der Waals surface area contributed by atoms with Crippen molar-refractivity contribution in [1.82, 2.24) is 15.0 Å². The fourth-order valence-corrected chi connectivity index (χ4v) is 3.63. The Morgan fingerprint density at radius 1 is 0.897 bits per heavy atom. The van der Waals surface area contributed by atoms with Crippen LogP contribution in [0.3, 0.4) is 0 Å². The van der Waals surface area contributed by atoms with Crippen molar-refractivity contribution in [3.8, 4) is 5.75 Å². The highest BCUT2D eigenvalue weighted by Gasteiger charge is 2.19. The number of hydrogen-bond acceptors (Lipinski definition) is 8. The minimum atomic E-state index is -1.13. The number of carboxylic acid groups (broad SMARTS) is 1. The van der Waals surface area contributed by atoms with Gasteiger partial charge in [-0.15, -0.1) is 0 Å². The molecule has 0 bridgehead atoms. The number of urea groups is 1. The van der Waals surface area contributed by atoms with Crippen molar-refractivity contribution >= 4 is 41.2 Å². The number of anilines is 5. The number of aryl methyl sites for hydroxylation is 1. The highest BCUT2D eigenvalue weighted by Crippen LogP contribution is 2.24. The summed E-state index contributed by atoms with van der Waals surface area (Å²) in [7, 11) is 1.48. The van der Waals surface area contributed by atoms with Gasteiger partial charge in [-0.25, -0.2) is 9.18 Å². The molecule has 0 spiro atoms. The maximum absolute atomic E-state index is 13.4. The van der Waals surface area contributed by atoms with E-state index in [0.29, 0.717) is 22.7 Å². The summed E-state index contributed by atoms with van der Waals surface area (Å²) in [5.41, 5.74) is 2.68. The molecule has 2 amide bonds. The predicted molar refractivity (Wildman–Crippen MR) is 145 cm³/mol.